The third-order valence-electron chi connectivity index (χ3n) is 4.12. The summed E-state index contributed by atoms with van der Waals surface area (Å²) in [4.78, 5) is 6.58. The maximum absolute atomic E-state index is 11.4. The van der Waals surface area contributed by atoms with Gasteiger partial charge in [0.15, 0.2) is 5.96 Å². The van der Waals surface area contributed by atoms with Crippen LogP contribution < -0.4 is 10.0 Å². The first-order chi connectivity index (χ1) is 11.2. The molecule has 1 aromatic carbocycles. The van der Waals surface area contributed by atoms with Crippen LogP contribution >= 0.6 is 0 Å². The zero-order valence-corrected chi connectivity index (χ0v) is 15.7. The van der Waals surface area contributed by atoms with Gasteiger partial charge in [-0.05, 0) is 25.8 Å². The van der Waals surface area contributed by atoms with E-state index in [0.29, 0.717) is 12.5 Å². The number of likely N-dealkylation sites (tertiary alicyclic amines) is 1. The monoisotopic (exact) mass is 352 g/mol. The van der Waals surface area contributed by atoms with Gasteiger partial charge < -0.3 is 10.2 Å². The third kappa shape index (κ3) is 5.49. The average Bonchev–Trinajstić information content (AvgIpc) is 2.96. The van der Waals surface area contributed by atoms with Crippen molar-refractivity contribution in [1.29, 1.82) is 0 Å². The van der Waals surface area contributed by atoms with Gasteiger partial charge in [0.1, 0.15) is 0 Å². The highest BCUT2D eigenvalue weighted by atomic mass is 32.2. The molecular weight excluding hydrogens is 324 g/mol. The molecule has 0 amide bonds. The van der Waals surface area contributed by atoms with Crippen molar-refractivity contribution in [1.82, 2.24) is 14.9 Å². The van der Waals surface area contributed by atoms with Crippen LogP contribution in [0.15, 0.2) is 35.3 Å². The molecule has 0 saturated carbocycles. The van der Waals surface area contributed by atoms with Gasteiger partial charge in [-0.2, -0.15) is 0 Å². The second-order valence-electron chi connectivity index (χ2n) is 7.00. The van der Waals surface area contributed by atoms with Crippen molar-refractivity contribution < 1.29 is 8.42 Å². The number of nitrogens with zero attached hydrogens (tertiary/aromatic N) is 2. The van der Waals surface area contributed by atoms with E-state index in [9.17, 15) is 8.42 Å². The van der Waals surface area contributed by atoms with E-state index in [1.165, 1.54) is 11.8 Å². The summed E-state index contributed by atoms with van der Waals surface area (Å²) in [5.74, 6) is 1.32. The first kappa shape index (κ1) is 18.7. The Balaban J connectivity index is 1.93. The van der Waals surface area contributed by atoms with Gasteiger partial charge in [-0.25, -0.2) is 13.1 Å². The lowest BCUT2D eigenvalue weighted by molar-refractivity contribution is 0.425. The first-order valence-corrected chi connectivity index (χ1v) is 10.1. The van der Waals surface area contributed by atoms with E-state index in [0.717, 1.165) is 25.5 Å². The van der Waals surface area contributed by atoms with Crippen molar-refractivity contribution in [3.8, 4) is 0 Å². The molecule has 1 saturated heterocycles. The Bertz CT molecular complexity index is 671. The second-order valence-corrected chi connectivity index (χ2v) is 8.75. The van der Waals surface area contributed by atoms with E-state index in [1.807, 2.05) is 19.9 Å². The lowest BCUT2D eigenvalue weighted by Crippen LogP contribution is -2.53. The highest BCUT2D eigenvalue weighted by Crippen LogP contribution is 2.26. The van der Waals surface area contributed by atoms with Crippen LogP contribution in [0, 0.1) is 0 Å². The largest absolute Gasteiger partial charge is 0.354 e. The molecule has 1 fully saturated rings. The molecule has 0 aromatic heterocycles. The predicted molar refractivity (Wildman–Crippen MR) is 98.8 cm³/mol. The molecule has 0 aliphatic carbocycles. The fraction of sp³-hybridized carbons (Fsp3) is 0.588. The maximum Gasteiger partial charge on any atom is 0.209 e. The standard InChI is InChI=1S/C17H28N4O2S/c1-17(2,20-24(4,22)23)13-19-16(18-3)21-11-10-15(12-21)14-8-6-5-7-9-14/h5-9,15,20H,10-13H2,1-4H3,(H,18,19). The Hall–Kier alpha value is -1.60. The molecule has 24 heavy (non-hydrogen) atoms. The van der Waals surface area contributed by atoms with Crippen molar-refractivity contribution >= 4 is 16.0 Å². The molecular formula is C17H28N4O2S. The number of sulfonamides is 1. The van der Waals surface area contributed by atoms with E-state index in [2.05, 4.69) is 44.2 Å². The lowest BCUT2D eigenvalue weighted by Gasteiger charge is -2.29. The summed E-state index contributed by atoms with van der Waals surface area (Å²) < 4.78 is 25.5. The summed E-state index contributed by atoms with van der Waals surface area (Å²) in [7, 11) is -1.48. The quantitative estimate of drug-likeness (QED) is 0.620. The van der Waals surface area contributed by atoms with Gasteiger partial charge in [-0.15, -0.1) is 0 Å². The summed E-state index contributed by atoms with van der Waals surface area (Å²) in [6.45, 7) is 6.04. The van der Waals surface area contributed by atoms with Crippen LogP contribution in [0.2, 0.25) is 0 Å². The fourth-order valence-corrected chi connectivity index (χ4v) is 4.20. The molecule has 1 unspecified atom stereocenters. The van der Waals surface area contributed by atoms with Crippen molar-refractivity contribution in [3.05, 3.63) is 35.9 Å². The molecule has 2 N–H and O–H groups in total. The summed E-state index contributed by atoms with van der Waals surface area (Å²) in [6.07, 6.45) is 2.27. The van der Waals surface area contributed by atoms with Gasteiger partial charge in [0.2, 0.25) is 10.0 Å². The minimum Gasteiger partial charge on any atom is -0.354 e. The fourth-order valence-electron chi connectivity index (χ4n) is 3.12. The SMILES string of the molecule is CN=C(NCC(C)(C)NS(C)(=O)=O)N1CCC(c2ccccc2)C1. The Morgan fingerprint density at radius 2 is 2.00 bits per heavy atom. The molecule has 7 heteroatoms. The maximum atomic E-state index is 11.4. The minimum absolute atomic E-state index is 0.471. The van der Waals surface area contributed by atoms with Gasteiger partial charge in [0.05, 0.1) is 6.26 Å². The molecule has 1 aliphatic rings. The number of guanidine groups is 1. The van der Waals surface area contributed by atoms with E-state index >= 15 is 0 Å². The summed E-state index contributed by atoms with van der Waals surface area (Å²) in [6, 6.07) is 10.5. The van der Waals surface area contributed by atoms with Crippen LogP contribution in [0.4, 0.5) is 0 Å². The van der Waals surface area contributed by atoms with Crippen LogP contribution in [-0.4, -0.2) is 57.8 Å². The van der Waals surface area contributed by atoms with Crippen LogP contribution in [0.25, 0.3) is 0 Å². The van der Waals surface area contributed by atoms with Crippen LogP contribution in [-0.2, 0) is 10.0 Å². The van der Waals surface area contributed by atoms with E-state index in [1.54, 1.807) is 7.05 Å². The van der Waals surface area contributed by atoms with Crippen molar-refractivity contribution in [2.75, 3.05) is 32.9 Å². The number of nitrogens with one attached hydrogen (secondary N) is 2. The van der Waals surface area contributed by atoms with Crippen LogP contribution in [0.3, 0.4) is 0 Å². The minimum atomic E-state index is -3.24. The van der Waals surface area contributed by atoms with E-state index < -0.39 is 15.6 Å². The molecule has 0 bridgehead atoms. The Morgan fingerprint density at radius 1 is 1.33 bits per heavy atom. The molecule has 2 rings (SSSR count). The molecule has 0 spiro atoms. The number of hydrogen-bond donors (Lipinski definition) is 2. The highest BCUT2D eigenvalue weighted by molar-refractivity contribution is 7.88. The molecule has 0 radical (unpaired) electrons. The average molecular weight is 353 g/mol. The zero-order chi connectivity index (χ0) is 17.8. The van der Waals surface area contributed by atoms with Crippen molar-refractivity contribution in [2.24, 2.45) is 4.99 Å². The Morgan fingerprint density at radius 3 is 2.58 bits per heavy atom. The molecule has 134 valence electrons. The van der Waals surface area contributed by atoms with E-state index in [-0.39, 0.29) is 0 Å². The zero-order valence-electron chi connectivity index (χ0n) is 14.9. The van der Waals surface area contributed by atoms with Gasteiger partial charge in [0.25, 0.3) is 0 Å². The van der Waals surface area contributed by atoms with Gasteiger partial charge in [-0.1, -0.05) is 30.3 Å². The van der Waals surface area contributed by atoms with Crippen molar-refractivity contribution in [2.45, 2.75) is 31.7 Å². The van der Waals surface area contributed by atoms with Crippen LogP contribution in [0.1, 0.15) is 31.7 Å². The van der Waals surface area contributed by atoms with Gasteiger partial charge in [-0.3, -0.25) is 4.99 Å². The normalized spacial score (nSPS) is 19.6. The molecule has 1 aromatic rings. The number of hydrogen-bond acceptors (Lipinski definition) is 3. The first-order valence-electron chi connectivity index (χ1n) is 8.20. The summed E-state index contributed by atoms with van der Waals surface area (Å²) in [5.41, 5.74) is 0.775. The van der Waals surface area contributed by atoms with Gasteiger partial charge >= 0.3 is 0 Å². The highest BCUT2D eigenvalue weighted by Gasteiger charge is 2.28. The molecule has 1 heterocycles. The topological polar surface area (TPSA) is 73.8 Å². The van der Waals surface area contributed by atoms with Crippen molar-refractivity contribution in [3.63, 3.8) is 0 Å². The molecule has 6 nitrogen and oxygen atoms in total. The molecule has 1 aliphatic heterocycles. The van der Waals surface area contributed by atoms with Crippen LogP contribution in [0.5, 0.6) is 0 Å². The smallest absolute Gasteiger partial charge is 0.209 e. The summed E-state index contributed by atoms with van der Waals surface area (Å²) >= 11 is 0. The van der Waals surface area contributed by atoms with E-state index in [4.69, 9.17) is 0 Å². The predicted octanol–water partition coefficient (Wildman–Crippen LogP) is 1.38. The number of rotatable bonds is 5. The Labute approximate surface area is 145 Å². The van der Waals surface area contributed by atoms with Gasteiger partial charge in [0, 0.05) is 38.1 Å². The Kier molecular flexibility index (Phi) is 5.87. The number of benzene rings is 1. The lowest BCUT2D eigenvalue weighted by atomic mass is 9.99. The number of aliphatic imine (C=N–C) groups is 1. The second kappa shape index (κ2) is 7.53. The third-order valence-corrected chi connectivity index (χ3v) is 5.04. The summed E-state index contributed by atoms with van der Waals surface area (Å²) in [5, 5.41) is 3.30. The molecule has 1 atom stereocenters.